The molecule has 3 heterocycles. The number of thioether (sulfide) groups is 1. The van der Waals surface area contributed by atoms with Crippen LogP contribution in [0.1, 0.15) is 12.0 Å². The van der Waals surface area contributed by atoms with Gasteiger partial charge in [-0.25, -0.2) is 4.98 Å². The van der Waals surface area contributed by atoms with E-state index in [1.807, 2.05) is 52.9 Å². The Hall–Kier alpha value is -2.12. The molecule has 26 heavy (non-hydrogen) atoms. The van der Waals surface area contributed by atoms with Crippen LogP contribution in [0, 0.1) is 5.92 Å². The number of benzene rings is 1. The molecule has 0 N–H and O–H groups in total. The summed E-state index contributed by atoms with van der Waals surface area (Å²) in [6, 6.07) is 11.9. The average molecular weight is 386 g/mol. The fourth-order valence-electron chi connectivity index (χ4n) is 3.43. The van der Waals surface area contributed by atoms with Crippen molar-refractivity contribution in [3.05, 3.63) is 57.7 Å². The Kier molecular flexibility index (Phi) is 4.82. The molecular formula is C19H19N3O2S2. The molecule has 7 heteroatoms. The van der Waals surface area contributed by atoms with Gasteiger partial charge in [0.2, 0.25) is 5.91 Å². The predicted molar refractivity (Wildman–Crippen MR) is 106 cm³/mol. The zero-order chi connectivity index (χ0) is 18.1. The molecule has 1 fully saturated rings. The largest absolute Gasteiger partial charge is 0.338 e. The molecule has 1 atom stereocenters. The van der Waals surface area contributed by atoms with Crippen LogP contribution in [0.4, 0.5) is 0 Å². The second-order valence-electron chi connectivity index (χ2n) is 6.48. The van der Waals surface area contributed by atoms with Crippen LogP contribution in [0.15, 0.2) is 51.7 Å². The number of nitrogens with zero attached hydrogens (tertiary/aromatic N) is 3. The van der Waals surface area contributed by atoms with Crippen molar-refractivity contribution < 1.29 is 4.79 Å². The van der Waals surface area contributed by atoms with Gasteiger partial charge in [0, 0.05) is 32.0 Å². The highest BCUT2D eigenvalue weighted by atomic mass is 32.2. The van der Waals surface area contributed by atoms with E-state index in [0.717, 1.165) is 16.2 Å². The minimum atomic E-state index is 0.00306. The first-order valence-electron chi connectivity index (χ1n) is 8.49. The normalized spacial score (nSPS) is 17.3. The SMILES string of the molecule is CSc1nc2ccsc2c(=O)n1CC1CC(=O)N(Cc2ccccc2)C1. The standard InChI is InChI=1S/C19H19N3O2S2/c1-25-19-20-15-7-8-26-17(15)18(24)22(19)12-14-9-16(23)21(11-14)10-13-5-3-2-4-6-13/h2-8,14H,9-12H2,1H3. The van der Waals surface area contributed by atoms with Gasteiger partial charge < -0.3 is 4.90 Å². The fourth-order valence-corrected chi connectivity index (χ4v) is 4.78. The number of carbonyl (C=O) groups excluding carboxylic acids is 1. The Balaban J connectivity index is 1.55. The van der Waals surface area contributed by atoms with Gasteiger partial charge in [0.05, 0.1) is 5.52 Å². The molecule has 1 unspecified atom stereocenters. The number of likely N-dealkylation sites (tertiary alicyclic amines) is 1. The van der Waals surface area contributed by atoms with Crippen molar-refractivity contribution in [2.75, 3.05) is 12.8 Å². The topological polar surface area (TPSA) is 55.2 Å². The monoisotopic (exact) mass is 385 g/mol. The van der Waals surface area contributed by atoms with Crippen LogP contribution < -0.4 is 5.56 Å². The van der Waals surface area contributed by atoms with Gasteiger partial charge in [-0.05, 0) is 23.3 Å². The summed E-state index contributed by atoms with van der Waals surface area (Å²) in [5, 5.41) is 2.61. The molecule has 1 aromatic carbocycles. The third kappa shape index (κ3) is 3.29. The highest BCUT2D eigenvalue weighted by Crippen LogP contribution is 2.24. The Morgan fingerprint density at radius 1 is 1.23 bits per heavy atom. The molecule has 134 valence electrons. The first-order chi connectivity index (χ1) is 12.7. The van der Waals surface area contributed by atoms with E-state index in [1.165, 1.54) is 23.1 Å². The number of hydrogen-bond acceptors (Lipinski definition) is 5. The first kappa shape index (κ1) is 17.3. The maximum Gasteiger partial charge on any atom is 0.272 e. The lowest BCUT2D eigenvalue weighted by molar-refractivity contribution is -0.128. The minimum absolute atomic E-state index is 0.00306. The summed E-state index contributed by atoms with van der Waals surface area (Å²) in [6.45, 7) is 1.84. The van der Waals surface area contributed by atoms with Crippen LogP contribution in [0.2, 0.25) is 0 Å². The first-order valence-corrected chi connectivity index (χ1v) is 10.6. The number of carbonyl (C=O) groups is 1. The van der Waals surface area contributed by atoms with Gasteiger partial charge in [0.1, 0.15) is 4.70 Å². The zero-order valence-corrected chi connectivity index (χ0v) is 16.1. The number of thiophene rings is 1. The summed E-state index contributed by atoms with van der Waals surface area (Å²) >= 11 is 2.90. The number of amides is 1. The van der Waals surface area contributed by atoms with Gasteiger partial charge in [0.15, 0.2) is 5.16 Å². The molecule has 0 radical (unpaired) electrons. The van der Waals surface area contributed by atoms with Crippen LogP contribution in [0.25, 0.3) is 10.2 Å². The maximum atomic E-state index is 12.8. The third-order valence-corrected chi connectivity index (χ3v) is 6.23. The molecule has 1 amide bonds. The van der Waals surface area contributed by atoms with Crippen molar-refractivity contribution in [2.24, 2.45) is 5.92 Å². The number of rotatable bonds is 5. The Labute approximate surface area is 159 Å². The molecule has 0 spiro atoms. The molecule has 0 saturated carbocycles. The van der Waals surface area contributed by atoms with Crippen molar-refractivity contribution in [1.29, 1.82) is 0 Å². The fraction of sp³-hybridized carbons (Fsp3) is 0.316. The minimum Gasteiger partial charge on any atom is -0.338 e. The quantitative estimate of drug-likeness (QED) is 0.500. The lowest BCUT2D eigenvalue weighted by atomic mass is 10.1. The van der Waals surface area contributed by atoms with Crippen molar-refractivity contribution in [1.82, 2.24) is 14.5 Å². The van der Waals surface area contributed by atoms with E-state index in [1.54, 1.807) is 4.57 Å². The van der Waals surface area contributed by atoms with E-state index in [-0.39, 0.29) is 17.4 Å². The zero-order valence-electron chi connectivity index (χ0n) is 14.4. The molecular weight excluding hydrogens is 366 g/mol. The lowest BCUT2D eigenvalue weighted by Gasteiger charge is -2.18. The summed E-state index contributed by atoms with van der Waals surface area (Å²) in [5.74, 6) is 0.289. The molecule has 4 rings (SSSR count). The summed E-state index contributed by atoms with van der Waals surface area (Å²) < 4.78 is 2.43. The van der Waals surface area contributed by atoms with E-state index in [0.29, 0.717) is 30.8 Å². The van der Waals surface area contributed by atoms with Crippen LogP contribution in [0.3, 0.4) is 0 Å². The predicted octanol–water partition coefficient (Wildman–Crippen LogP) is 3.23. The highest BCUT2D eigenvalue weighted by Gasteiger charge is 2.30. The van der Waals surface area contributed by atoms with Crippen LogP contribution in [-0.4, -0.2) is 33.2 Å². The van der Waals surface area contributed by atoms with Crippen molar-refractivity contribution in [3.8, 4) is 0 Å². The molecule has 1 aliphatic rings. The Morgan fingerprint density at radius 2 is 2.04 bits per heavy atom. The van der Waals surface area contributed by atoms with Crippen molar-refractivity contribution in [3.63, 3.8) is 0 Å². The number of fused-ring (bicyclic) bond motifs is 1. The van der Waals surface area contributed by atoms with Gasteiger partial charge in [-0.1, -0.05) is 42.1 Å². The molecule has 2 aromatic heterocycles. The number of aromatic nitrogens is 2. The summed E-state index contributed by atoms with van der Waals surface area (Å²) in [4.78, 5) is 31.7. The molecule has 5 nitrogen and oxygen atoms in total. The van der Waals surface area contributed by atoms with E-state index >= 15 is 0 Å². The van der Waals surface area contributed by atoms with Crippen LogP contribution in [0.5, 0.6) is 0 Å². The maximum absolute atomic E-state index is 12.8. The summed E-state index contributed by atoms with van der Waals surface area (Å²) in [6.07, 6.45) is 2.41. The molecule has 0 bridgehead atoms. The highest BCUT2D eigenvalue weighted by molar-refractivity contribution is 7.98. The molecule has 3 aromatic rings. The van der Waals surface area contributed by atoms with E-state index in [9.17, 15) is 9.59 Å². The van der Waals surface area contributed by atoms with Crippen molar-refractivity contribution in [2.45, 2.75) is 24.7 Å². The van der Waals surface area contributed by atoms with Crippen LogP contribution >= 0.6 is 23.1 Å². The second kappa shape index (κ2) is 7.25. The van der Waals surface area contributed by atoms with Gasteiger partial charge in [-0.3, -0.25) is 14.2 Å². The Bertz CT molecular complexity index is 997. The molecule has 0 aliphatic carbocycles. The van der Waals surface area contributed by atoms with E-state index in [2.05, 4.69) is 4.98 Å². The van der Waals surface area contributed by atoms with Gasteiger partial charge in [-0.15, -0.1) is 11.3 Å². The van der Waals surface area contributed by atoms with E-state index < -0.39 is 0 Å². The van der Waals surface area contributed by atoms with Gasteiger partial charge in [-0.2, -0.15) is 0 Å². The second-order valence-corrected chi connectivity index (χ2v) is 8.17. The lowest BCUT2D eigenvalue weighted by Crippen LogP contribution is -2.28. The smallest absolute Gasteiger partial charge is 0.272 e. The number of hydrogen-bond donors (Lipinski definition) is 0. The third-order valence-electron chi connectivity index (χ3n) is 4.67. The molecule has 1 saturated heterocycles. The Morgan fingerprint density at radius 3 is 2.81 bits per heavy atom. The summed E-state index contributed by atoms with van der Waals surface area (Å²) in [5.41, 5.74) is 1.89. The van der Waals surface area contributed by atoms with Crippen molar-refractivity contribution >= 4 is 39.2 Å². The average Bonchev–Trinajstić information content (AvgIpc) is 3.25. The van der Waals surface area contributed by atoms with E-state index in [4.69, 9.17) is 0 Å². The summed E-state index contributed by atoms with van der Waals surface area (Å²) in [7, 11) is 0. The molecule has 1 aliphatic heterocycles. The van der Waals surface area contributed by atoms with Crippen LogP contribution in [-0.2, 0) is 17.9 Å². The van der Waals surface area contributed by atoms with Gasteiger partial charge >= 0.3 is 0 Å². The van der Waals surface area contributed by atoms with Gasteiger partial charge in [0.25, 0.3) is 5.56 Å².